The first-order valence-corrected chi connectivity index (χ1v) is 4.40. The SMILES string of the molecule is C#CC(=O)Nc1c(C)cc(Cl)nc1Cl. The van der Waals surface area contributed by atoms with Crippen molar-refractivity contribution in [3.63, 3.8) is 0 Å². The molecule has 1 N–H and O–H groups in total. The van der Waals surface area contributed by atoms with E-state index >= 15 is 0 Å². The maximum atomic E-state index is 10.9. The third-order valence-corrected chi connectivity index (χ3v) is 1.98. The fraction of sp³-hybridized carbons (Fsp3) is 0.111. The maximum Gasteiger partial charge on any atom is 0.300 e. The minimum atomic E-state index is -0.570. The Kier molecular flexibility index (Phi) is 3.34. The van der Waals surface area contributed by atoms with E-state index in [-0.39, 0.29) is 10.3 Å². The van der Waals surface area contributed by atoms with Crippen LogP contribution in [0.1, 0.15) is 5.56 Å². The Morgan fingerprint density at radius 3 is 2.79 bits per heavy atom. The van der Waals surface area contributed by atoms with Gasteiger partial charge in [0.2, 0.25) is 0 Å². The number of rotatable bonds is 1. The summed E-state index contributed by atoms with van der Waals surface area (Å²) in [6.07, 6.45) is 4.90. The van der Waals surface area contributed by atoms with Crippen LogP contribution in [-0.4, -0.2) is 10.9 Å². The number of aromatic nitrogens is 1. The number of aryl methyl sites for hydroxylation is 1. The molecule has 0 unspecified atom stereocenters. The number of anilines is 1. The van der Waals surface area contributed by atoms with Gasteiger partial charge in [-0.05, 0) is 24.5 Å². The lowest BCUT2D eigenvalue weighted by atomic mass is 10.2. The van der Waals surface area contributed by atoms with Crippen LogP contribution in [0.5, 0.6) is 0 Å². The molecule has 14 heavy (non-hydrogen) atoms. The molecular formula is C9H6Cl2N2O. The van der Waals surface area contributed by atoms with Crippen molar-refractivity contribution in [3.05, 3.63) is 21.9 Å². The minimum Gasteiger partial charge on any atom is -0.312 e. The lowest BCUT2D eigenvalue weighted by molar-refractivity contribution is -0.111. The van der Waals surface area contributed by atoms with Gasteiger partial charge in [-0.15, -0.1) is 6.42 Å². The molecule has 0 saturated heterocycles. The van der Waals surface area contributed by atoms with Gasteiger partial charge in [0.15, 0.2) is 5.15 Å². The Balaban J connectivity index is 3.10. The zero-order chi connectivity index (χ0) is 10.7. The fourth-order valence-corrected chi connectivity index (χ4v) is 1.47. The van der Waals surface area contributed by atoms with E-state index in [1.54, 1.807) is 13.0 Å². The first-order chi connectivity index (χ1) is 6.54. The number of terminal acetylenes is 1. The van der Waals surface area contributed by atoms with E-state index in [0.29, 0.717) is 11.3 Å². The number of pyridine rings is 1. The van der Waals surface area contributed by atoms with E-state index in [0.717, 1.165) is 0 Å². The summed E-state index contributed by atoms with van der Waals surface area (Å²) in [4.78, 5) is 14.7. The Hall–Kier alpha value is -1.24. The quantitative estimate of drug-likeness (QED) is 0.592. The van der Waals surface area contributed by atoms with Gasteiger partial charge in [-0.2, -0.15) is 0 Å². The molecule has 0 spiro atoms. The van der Waals surface area contributed by atoms with Crippen LogP contribution in [-0.2, 0) is 4.79 Å². The number of halogens is 2. The van der Waals surface area contributed by atoms with Crippen LogP contribution in [0.2, 0.25) is 10.3 Å². The molecule has 0 radical (unpaired) electrons. The molecule has 0 saturated carbocycles. The van der Waals surface area contributed by atoms with E-state index < -0.39 is 5.91 Å². The highest BCUT2D eigenvalue weighted by molar-refractivity contribution is 6.35. The van der Waals surface area contributed by atoms with Gasteiger partial charge in [-0.1, -0.05) is 23.2 Å². The average molecular weight is 229 g/mol. The smallest absolute Gasteiger partial charge is 0.300 e. The molecule has 0 bridgehead atoms. The number of carbonyl (C=O) groups is 1. The third kappa shape index (κ3) is 2.38. The predicted octanol–water partition coefficient (Wildman–Crippen LogP) is 2.27. The van der Waals surface area contributed by atoms with Gasteiger partial charge in [0.25, 0.3) is 5.91 Å². The van der Waals surface area contributed by atoms with Crippen molar-refractivity contribution in [2.24, 2.45) is 0 Å². The molecule has 1 aromatic heterocycles. The van der Waals surface area contributed by atoms with Crippen LogP contribution in [0.3, 0.4) is 0 Å². The summed E-state index contributed by atoms with van der Waals surface area (Å²) in [5.41, 5.74) is 1.10. The van der Waals surface area contributed by atoms with Gasteiger partial charge in [-0.25, -0.2) is 4.98 Å². The van der Waals surface area contributed by atoms with Gasteiger partial charge in [0, 0.05) is 0 Å². The van der Waals surface area contributed by atoms with Crippen LogP contribution < -0.4 is 5.32 Å². The molecule has 0 aliphatic heterocycles. The molecule has 0 aliphatic rings. The van der Waals surface area contributed by atoms with E-state index in [1.165, 1.54) is 0 Å². The lowest BCUT2D eigenvalue weighted by Crippen LogP contribution is -2.10. The van der Waals surface area contributed by atoms with Crippen LogP contribution in [0.4, 0.5) is 5.69 Å². The minimum absolute atomic E-state index is 0.124. The van der Waals surface area contributed by atoms with Crippen LogP contribution >= 0.6 is 23.2 Å². The molecule has 1 heterocycles. The monoisotopic (exact) mass is 228 g/mol. The molecular weight excluding hydrogens is 223 g/mol. The number of hydrogen-bond acceptors (Lipinski definition) is 2. The van der Waals surface area contributed by atoms with Gasteiger partial charge in [0.1, 0.15) is 5.15 Å². The molecule has 0 fully saturated rings. The molecule has 0 atom stereocenters. The summed E-state index contributed by atoms with van der Waals surface area (Å²) in [5, 5.41) is 2.82. The zero-order valence-corrected chi connectivity index (χ0v) is 8.78. The largest absolute Gasteiger partial charge is 0.312 e. The topological polar surface area (TPSA) is 42.0 Å². The number of amides is 1. The van der Waals surface area contributed by atoms with Crippen molar-refractivity contribution in [2.75, 3.05) is 5.32 Å². The standard InChI is InChI=1S/C9H6Cl2N2O/c1-3-7(14)13-8-5(2)4-6(10)12-9(8)11/h1,4H,2H3,(H,13,14). The van der Waals surface area contributed by atoms with Gasteiger partial charge >= 0.3 is 0 Å². The Labute approximate surface area is 91.4 Å². The van der Waals surface area contributed by atoms with E-state index in [2.05, 4.69) is 10.3 Å². The van der Waals surface area contributed by atoms with Gasteiger partial charge in [0.05, 0.1) is 5.69 Å². The van der Waals surface area contributed by atoms with E-state index in [4.69, 9.17) is 29.6 Å². The fourth-order valence-electron chi connectivity index (χ4n) is 0.895. The van der Waals surface area contributed by atoms with Crippen LogP contribution in [0.25, 0.3) is 0 Å². The summed E-state index contributed by atoms with van der Waals surface area (Å²) >= 11 is 11.4. The van der Waals surface area contributed by atoms with Crippen molar-refractivity contribution in [2.45, 2.75) is 6.92 Å². The molecule has 3 nitrogen and oxygen atoms in total. The second-order valence-electron chi connectivity index (χ2n) is 2.53. The summed E-state index contributed by atoms with van der Waals surface area (Å²) < 4.78 is 0. The normalized spacial score (nSPS) is 9.29. The molecule has 0 aliphatic carbocycles. The van der Waals surface area contributed by atoms with Crippen LogP contribution in [0, 0.1) is 19.3 Å². The third-order valence-electron chi connectivity index (χ3n) is 1.51. The van der Waals surface area contributed by atoms with E-state index in [1.807, 2.05) is 5.92 Å². The second-order valence-corrected chi connectivity index (χ2v) is 3.27. The second kappa shape index (κ2) is 4.32. The molecule has 5 heteroatoms. The van der Waals surface area contributed by atoms with E-state index in [9.17, 15) is 4.79 Å². The highest BCUT2D eigenvalue weighted by Gasteiger charge is 2.09. The summed E-state index contributed by atoms with van der Waals surface area (Å²) in [7, 11) is 0. The highest BCUT2D eigenvalue weighted by atomic mass is 35.5. The van der Waals surface area contributed by atoms with Crippen molar-refractivity contribution >= 4 is 34.8 Å². The van der Waals surface area contributed by atoms with Crippen molar-refractivity contribution in [1.82, 2.24) is 4.98 Å². The number of nitrogens with one attached hydrogen (secondary N) is 1. The lowest BCUT2D eigenvalue weighted by Gasteiger charge is -2.07. The Morgan fingerprint density at radius 1 is 1.64 bits per heavy atom. The molecule has 1 rings (SSSR count). The summed E-state index contributed by atoms with van der Waals surface area (Å²) in [6, 6.07) is 1.58. The first kappa shape index (κ1) is 10.8. The van der Waals surface area contributed by atoms with Crippen molar-refractivity contribution < 1.29 is 4.79 Å². The summed E-state index contributed by atoms with van der Waals surface area (Å²) in [5.74, 6) is 1.34. The average Bonchev–Trinajstić information content (AvgIpc) is 2.10. The molecule has 1 aromatic rings. The Bertz CT molecular complexity index is 400. The van der Waals surface area contributed by atoms with Gasteiger partial charge in [-0.3, -0.25) is 4.79 Å². The van der Waals surface area contributed by atoms with Crippen LogP contribution in [0.15, 0.2) is 6.07 Å². The number of carbonyl (C=O) groups excluding carboxylic acids is 1. The number of hydrogen-bond donors (Lipinski definition) is 1. The molecule has 72 valence electrons. The predicted molar refractivity (Wildman–Crippen MR) is 56.5 cm³/mol. The maximum absolute atomic E-state index is 10.9. The zero-order valence-electron chi connectivity index (χ0n) is 7.27. The highest BCUT2D eigenvalue weighted by Crippen LogP contribution is 2.26. The van der Waals surface area contributed by atoms with Gasteiger partial charge < -0.3 is 5.32 Å². The first-order valence-electron chi connectivity index (χ1n) is 3.65. The Morgan fingerprint density at radius 2 is 2.29 bits per heavy atom. The van der Waals surface area contributed by atoms with Crippen molar-refractivity contribution in [3.8, 4) is 12.3 Å². The number of nitrogens with zero attached hydrogens (tertiary/aromatic N) is 1. The molecule has 1 amide bonds. The molecule has 0 aromatic carbocycles. The summed E-state index contributed by atoms with van der Waals surface area (Å²) in [6.45, 7) is 1.74. The van der Waals surface area contributed by atoms with Crippen molar-refractivity contribution in [1.29, 1.82) is 0 Å².